The van der Waals surface area contributed by atoms with Crippen molar-refractivity contribution in [2.75, 3.05) is 19.8 Å². The van der Waals surface area contributed by atoms with Crippen molar-refractivity contribution in [1.29, 1.82) is 0 Å². The van der Waals surface area contributed by atoms with E-state index in [1.54, 1.807) is 12.2 Å². The highest BCUT2D eigenvalue weighted by Gasteiger charge is 2.24. The first kappa shape index (κ1) is 21.2. The summed E-state index contributed by atoms with van der Waals surface area (Å²) >= 11 is 10.8. The van der Waals surface area contributed by atoms with E-state index in [4.69, 9.17) is 36.5 Å². The average molecular weight is 359 g/mol. The van der Waals surface area contributed by atoms with E-state index in [1.807, 2.05) is 27.7 Å². The van der Waals surface area contributed by atoms with Crippen molar-refractivity contribution in [3.8, 4) is 0 Å². The van der Waals surface area contributed by atoms with E-state index in [2.05, 4.69) is 13.2 Å². The van der Waals surface area contributed by atoms with Crippen LogP contribution in [0.5, 0.6) is 0 Å². The van der Waals surface area contributed by atoms with Crippen molar-refractivity contribution in [3.05, 3.63) is 25.3 Å². The van der Waals surface area contributed by atoms with Crippen LogP contribution in [0.1, 0.15) is 27.7 Å². The second-order valence-electron chi connectivity index (χ2n) is 5.81. The van der Waals surface area contributed by atoms with Crippen molar-refractivity contribution in [1.82, 2.24) is 0 Å². The monoisotopic (exact) mass is 358 g/mol. The van der Waals surface area contributed by atoms with Gasteiger partial charge in [-0.3, -0.25) is 4.57 Å². The molecule has 0 saturated heterocycles. The fourth-order valence-electron chi connectivity index (χ4n) is 1.12. The van der Waals surface area contributed by atoms with Crippen LogP contribution in [0.3, 0.4) is 0 Å². The van der Waals surface area contributed by atoms with Gasteiger partial charge in [0.25, 0.3) is 0 Å². The summed E-state index contributed by atoms with van der Waals surface area (Å²) in [6.45, 7) is 15.7. The van der Waals surface area contributed by atoms with Crippen LogP contribution in [0.25, 0.3) is 0 Å². The van der Waals surface area contributed by atoms with Crippen LogP contribution in [-0.2, 0) is 18.6 Å². The second-order valence-corrected chi connectivity index (χ2v) is 10.1. The molecule has 0 unspecified atom stereocenters. The van der Waals surface area contributed by atoms with Crippen LogP contribution in [0.4, 0.5) is 0 Å². The topological polar surface area (TPSA) is 44.8 Å². The lowest BCUT2D eigenvalue weighted by Crippen LogP contribution is -2.32. The average Bonchev–Trinajstić information content (AvgIpc) is 2.36. The summed E-state index contributed by atoms with van der Waals surface area (Å²) in [5.74, 6) is -0.172. The summed E-state index contributed by atoms with van der Waals surface area (Å²) in [6, 6.07) is 0. The molecule has 0 aliphatic heterocycles. The second kappa shape index (κ2) is 8.71. The standard InChI is InChI=1S/C14H25Cl2O4P/c1-7-13(3,4)18-9-12(11-20-21(15,16)17)10-19-14(5,6)8-2/h7-8,12H,1-2,9-11H2,3-6H3. The maximum atomic E-state index is 11.2. The Labute approximate surface area is 137 Å². The molecule has 7 heteroatoms. The maximum Gasteiger partial charge on any atom is 0.380 e. The zero-order valence-corrected chi connectivity index (χ0v) is 15.5. The lowest BCUT2D eigenvalue weighted by Gasteiger charge is -2.28. The lowest BCUT2D eigenvalue weighted by atomic mass is 10.1. The molecule has 0 amide bonds. The van der Waals surface area contributed by atoms with Crippen molar-refractivity contribution < 1.29 is 18.6 Å². The van der Waals surface area contributed by atoms with Crippen LogP contribution >= 0.6 is 28.6 Å². The van der Waals surface area contributed by atoms with Crippen molar-refractivity contribution >= 4 is 28.6 Å². The third-order valence-electron chi connectivity index (χ3n) is 2.83. The first-order chi connectivity index (χ1) is 9.41. The summed E-state index contributed by atoms with van der Waals surface area (Å²) in [5.41, 5.74) is -0.949. The Bertz CT molecular complexity index is 366. The molecule has 124 valence electrons. The smallest absolute Gasteiger partial charge is 0.371 e. The van der Waals surface area contributed by atoms with Gasteiger partial charge in [0.15, 0.2) is 0 Å². The number of hydrogen-bond acceptors (Lipinski definition) is 4. The molecule has 0 aliphatic rings. The van der Waals surface area contributed by atoms with Crippen LogP contribution in [0, 0.1) is 5.92 Å². The SMILES string of the molecule is C=CC(C)(C)OCC(COC(C)(C)C=C)COP(=O)(Cl)Cl. The zero-order chi connectivity index (χ0) is 16.7. The Morgan fingerprint density at radius 3 is 1.67 bits per heavy atom. The zero-order valence-electron chi connectivity index (χ0n) is 13.1. The molecular formula is C14H25Cl2O4P. The minimum absolute atomic E-state index is 0.0741. The van der Waals surface area contributed by atoms with Gasteiger partial charge in [-0.05, 0) is 50.2 Å². The van der Waals surface area contributed by atoms with Crippen LogP contribution in [0.2, 0.25) is 0 Å². The van der Waals surface area contributed by atoms with Gasteiger partial charge in [0.2, 0.25) is 0 Å². The van der Waals surface area contributed by atoms with Crippen LogP contribution < -0.4 is 0 Å². The first-order valence-corrected chi connectivity index (χ1v) is 10.0. The first-order valence-electron chi connectivity index (χ1n) is 6.60. The van der Waals surface area contributed by atoms with Gasteiger partial charge in [-0.15, -0.1) is 13.2 Å². The van der Waals surface area contributed by atoms with Gasteiger partial charge in [-0.1, -0.05) is 12.2 Å². The Balaban J connectivity index is 4.57. The molecule has 0 aromatic heterocycles. The Morgan fingerprint density at radius 1 is 1.00 bits per heavy atom. The third kappa shape index (κ3) is 11.4. The Kier molecular flexibility index (Phi) is 8.78. The molecule has 21 heavy (non-hydrogen) atoms. The molecule has 0 bridgehead atoms. The molecule has 0 aliphatic carbocycles. The van der Waals surface area contributed by atoms with Crippen LogP contribution in [-0.4, -0.2) is 31.0 Å². The van der Waals surface area contributed by atoms with E-state index >= 15 is 0 Å². The number of halogens is 2. The van der Waals surface area contributed by atoms with Gasteiger partial charge in [0.05, 0.1) is 31.0 Å². The molecule has 0 spiro atoms. The molecule has 4 nitrogen and oxygen atoms in total. The lowest BCUT2D eigenvalue weighted by molar-refractivity contribution is -0.0579. The molecule has 0 saturated carbocycles. The van der Waals surface area contributed by atoms with Gasteiger partial charge >= 0.3 is 6.07 Å². The van der Waals surface area contributed by atoms with Gasteiger partial charge in [-0.2, -0.15) is 0 Å². The third-order valence-corrected chi connectivity index (χ3v) is 3.86. The summed E-state index contributed by atoms with van der Waals surface area (Å²) in [6.07, 6.45) is -0.165. The van der Waals surface area contributed by atoms with E-state index in [1.165, 1.54) is 0 Å². The van der Waals surface area contributed by atoms with Crippen LogP contribution in [0.15, 0.2) is 25.3 Å². The highest BCUT2D eigenvalue weighted by atomic mass is 35.9. The Morgan fingerprint density at radius 2 is 1.38 bits per heavy atom. The van der Waals surface area contributed by atoms with Crippen molar-refractivity contribution in [2.24, 2.45) is 5.92 Å². The summed E-state index contributed by atoms with van der Waals surface area (Å²) in [4.78, 5) is 0. The molecule has 0 N–H and O–H groups in total. The Hall–Kier alpha value is 0.170. The van der Waals surface area contributed by atoms with E-state index in [-0.39, 0.29) is 12.5 Å². The van der Waals surface area contributed by atoms with Gasteiger partial charge in [0.1, 0.15) is 0 Å². The molecule has 0 fully saturated rings. The predicted octanol–water partition coefficient (Wildman–Crippen LogP) is 5.17. The number of ether oxygens (including phenoxy) is 2. The maximum absolute atomic E-state index is 11.2. The quantitative estimate of drug-likeness (QED) is 0.377. The molecule has 0 rings (SSSR count). The van der Waals surface area contributed by atoms with Gasteiger partial charge in [-0.25, -0.2) is 0 Å². The highest BCUT2D eigenvalue weighted by Crippen LogP contribution is 2.57. The summed E-state index contributed by atoms with van der Waals surface area (Å²) < 4.78 is 27.6. The molecular weight excluding hydrogens is 334 g/mol. The summed E-state index contributed by atoms with van der Waals surface area (Å²) in [5, 5.41) is 0. The fourth-order valence-corrected chi connectivity index (χ4v) is 1.84. The predicted molar refractivity (Wildman–Crippen MR) is 89.2 cm³/mol. The van der Waals surface area contributed by atoms with Crippen molar-refractivity contribution in [3.63, 3.8) is 0 Å². The number of hydrogen-bond donors (Lipinski definition) is 0. The van der Waals surface area contributed by atoms with Gasteiger partial charge < -0.3 is 14.0 Å². The number of rotatable bonds is 11. The molecule has 0 atom stereocenters. The molecule has 0 radical (unpaired) electrons. The molecule has 0 heterocycles. The van der Waals surface area contributed by atoms with E-state index < -0.39 is 17.3 Å². The van der Waals surface area contributed by atoms with E-state index in [9.17, 15) is 4.57 Å². The summed E-state index contributed by atoms with van der Waals surface area (Å²) in [7, 11) is 0. The highest BCUT2D eigenvalue weighted by molar-refractivity contribution is 8.05. The fraction of sp³-hybridized carbons (Fsp3) is 0.714. The largest absolute Gasteiger partial charge is 0.380 e. The molecule has 0 aromatic carbocycles. The van der Waals surface area contributed by atoms with Crippen molar-refractivity contribution in [2.45, 2.75) is 38.9 Å². The van der Waals surface area contributed by atoms with E-state index in [0.29, 0.717) is 13.2 Å². The normalized spacial score (nSPS) is 13.5. The minimum atomic E-state index is -3.57. The van der Waals surface area contributed by atoms with Gasteiger partial charge in [0, 0.05) is 5.92 Å². The minimum Gasteiger partial charge on any atom is -0.371 e. The van der Waals surface area contributed by atoms with E-state index in [0.717, 1.165) is 0 Å². The molecule has 0 aromatic rings.